The van der Waals surface area contributed by atoms with Crippen LogP contribution in [0.5, 0.6) is 0 Å². The van der Waals surface area contributed by atoms with E-state index in [0.29, 0.717) is 0 Å². The zero-order chi connectivity index (χ0) is 17.0. The summed E-state index contributed by atoms with van der Waals surface area (Å²) in [4.78, 5) is 13.3. The molecule has 0 aliphatic carbocycles. The largest absolute Gasteiger partial charge is 0.357 e. The molecule has 6 heteroatoms. The molecule has 0 saturated carbocycles. The van der Waals surface area contributed by atoms with Crippen molar-refractivity contribution in [1.82, 2.24) is 14.9 Å². The summed E-state index contributed by atoms with van der Waals surface area (Å²) in [6.07, 6.45) is 6.93. The second-order valence-corrected chi connectivity index (χ2v) is 7.56. The average molecular weight is 365 g/mol. The Labute approximate surface area is 157 Å². The van der Waals surface area contributed by atoms with Crippen LogP contribution < -0.4 is 4.90 Å². The van der Waals surface area contributed by atoms with Crippen LogP contribution in [0.15, 0.2) is 18.5 Å². The van der Waals surface area contributed by atoms with E-state index in [1.54, 1.807) is 12.4 Å². The normalized spacial score (nSPS) is 26.3. The van der Waals surface area contributed by atoms with E-state index in [-0.39, 0.29) is 23.6 Å². The molecule has 0 bridgehead atoms. The molecule has 1 unspecified atom stereocenters. The topological polar surface area (TPSA) is 41.5 Å². The van der Waals surface area contributed by atoms with E-state index >= 15 is 0 Å². The Bertz CT molecular complexity index is 605. The maximum atomic E-state index is 6.21. The summed E-state index contributed by atoms with van der Waals surface area (Å²) in [6, 6.07) is 1.85. The molecule has 2 aliphatic rings. The minimum absolute atomic E-state index is 0. The van der Waals surface area contributed by atoms with Crippen molar-refractivity contribution in [3.63, 3.8) is 0 Å². The molecule has 1 aromatic rings. The van der Waals surface area contributed by atoms with Gasteiger partial charge in [-0.05, 0) is 46.1 Å². The number of hydrogen-bond donors (Lipinski definition) is 0. The summed E-state index contributed by atoms with van der Waals surface area (Å²) < 4.78 is 6.21. The maximum Gasteiger partial charge on any atom is 0.225 e. The van der Waals surface area contributed by atoms with E-state index in [2.05, 4.69) is 52.4 Å². The second kappa shape index (κ2) is 8.35. The quantitative estimate of drug-likeness (QED) is 0.755. The fourth-order valence-corrected chi connectivity index (χ4v) is 3.55. The highest BCUT2D eigenvalue weighted by molar-refractivity contribution is 5.85. The van der Waals surface area contributed by atoms with Gasteiger partial charge in [0.25, 0.3) is 0 Å². The van der Waals surface area contributed by atoms with Crippen molar-refractivity contribution in [2.24, 2.45) is 0 Å². The monoisotopic (exact) mass is 364 g/mol. The third kappa shape index (κ3) is 5.57. The number of hydrogen-bond acceptors (Lipinski definition) is 5. The van der Waals surface area contributed by atoms with E-state index in [1.807, 2.05) is 6.07 Å². The highest BCUT2D eigenvalue weighted by Gasteiger charge is 2.35. The average Bonchev–Trinajstić information content (AvgIpc) is 2.55. The standard InChI is InChI=1S/C19H28N4O.ClH/c1-18(2)7-4-8-19(3,24-18)9-5-12-22-13-15-23(16-14-22)17-20-10-6-11-21-17;/h6,10-11H,4,7-8,12-16H2,1-3H3;1H. The molecule has 3 heterocycles. The zero-order valence-corrected chi connectivity index (χ0v) is 16.3. The van der Waals surface area contributed by atoms with E-state index in [0.717, 1.165) is 51.5 Å². The maximum absolute atomic E-state index is 6.21. The minimum Gasteiger partial charge on any atom is -0.357 e. The molecule has 0 N–H and O–H groups in total. The fourth-order valence-electron chi connectivity index (χ4n) is 3.55. The Morgan fingerprint density at radius 1 is 1.08 bits per heavy atom. The number of halogens is 1. The van der Waals surface area contributed by atoms with Gasteiger partial charge in [0.15, 0.2) is 0 Å². The van der Waals surface area contributed by atoms with Crippen molar-refractivity contribution in [3.8, 4) is 11.8 Å². The summed E-state index contributed by atoms with van der Waals surface area (Å²) in [5, 5.41) is 0. The van der Waals surface area contributed by atoms with E-state index < -0.39 is 0 Å². The SMILES string of the molecule is CC1(C)CCCC(C)(C#CCN2CCN(c3ncccn3)CC2)O1.Cl. The first-order valence-electron chi connectivity index (χ1n) is 8.90. The molecular weight excluding hydrogens is 336 g/mol. The lowest BCUT2D eigenvalue weighted by Gasteiger charge is -2.40. The third-order valence-electron chi connectivity index (χ3n) is 4.80. The summed E-state index contributed by atoms with van der Waals surface area (Å²) in [6.45, 7) is 11.2. The summed E-state index contributed by atoms with van der Waals surface area (Å²) >= 11 is 0. The Morgan fingerprint density at radius 3 is 2.40 bits per heavy atom. The first-order valence-corrected chi connectivity index (χ1v) is 8.90. The van der Waals surface area contributed by atoms with Crippen LogP contribution in [-0.2, 0) is 4.74 Å². The Kier molecular flexibility index (Phi) is 6.67. The van der Waals surface area contributed by atoms with Crippen LogP contribution in [0.2, 0.25) is 0 Å². The van der Waals surface area contributed by atoms with Crippen molar-refractivity contribution in [1.29, 1.82) is 0 Å². The fraction of sp³-hybridized carbons (Fsp3) is 0.684. The highest BCUT2D eigenvalue weighted by atomic mass is 35.5. The van der Waals surface area contributed by atoms with Crippen LogP contribution in [0.4, 0.5) is 5.95 Å². The predicted molar refractivity (Wildman–Crippen MR) is 103 cm³/mol. The van der Waals surface area contributed by atoms with Gasteiger partial charge in [-0.1, -0.05) is 11.8 Å². The molecule has 1 atom stereocenters. The lowest BCUT2D eigenvalue weighted by Crippen LogP contribution is -2.47. The molecule has 3 rings (SSSR count). The van der Waals surface area contributed by atoms with Gasteiger partial charge in [0, 0.05) is 38.6 Å². The number of rotatable bonds is 2. The number of anilines is 1. The molecule has 138 valence electrons. The molecule has 2 aliphatic heterocycles. The van der Waals surface area contributed by atoms with Crippen molar-refractivity contribution < 1.29 is 4.74 Å². The second-order valence-electron chi connectivity index (χ2n) is 7.56. The summed E-state index contributed by atoms with van der Waals surface area (Å²) in [5.41, 5.74) is -0.343. The van der Waals surface area contributed by atoms with Crippen LogP contribution in [0.1, 0.15) is 40.0 Å². The van der Waals surface area contributed by atoms with Gasteiger partial charge in [0.2, 0.25) is 5.95 Å². The van der Waals surface area contributed by atoms with Crippen LogP contribution in [0, 0.1) is 11.8 Å². The summed E-state index contributed by atoms with van der Waals surface area (Å²) in [7, 11) is 0. The first kappa shape index (κ1) is 20.0. The molecule has 2 fully saturated rings. The lowest BCUT2D eigenvalue weighted by molar-refractivity contribution is -0.135. The lowest BCUT2D eigenvalue weighted by atomic mass is 9.88. The van der Waals surface area contributed by atoms with Crippen LogP contribution in [-0.4, -0.2) is 58.8 Å². The molecule has 5 nitrogen and oxygen atoms in total. The number of ether oxygens (including phenoxy) is 1. The molecule has 0 radical (unpaired) electrons. The van der Waals surface area contributed by atoms with E-state index in [1.165, 1.54) is 6.42 Å². The molecule has 2 saturated heterocycles. The third-order valence-corrected chi connectivity index (χ3v) is 4.80. The Hall–Kier alpha value is -1.35. The minimum atomic E-state index is -0.290. The number of aromatic nitrogens is 2. The summed E-state index contributed by atoms with van der Waals surface area (Å²) in [5.74, 6) is 7.58. The van der Waals surface area contributed by atoms with Crippen molar-refractivity contribution >= 4 is 18.4 Å². The Balaban J connectivity index is 0.00000225. The van der Waals surface area contributed by atoms with Crippen LogP contribution in [0.3, 0.4) is 0 Å². The molecule has 0 amide bonds. The van der Waals surface area contributed by atoms with Gasteiger partial charge < -0.3 is 9.64 Å². The van der Waals surface area contributed by atoms with Crippen LogP contribution in [0.25, 0.3) is 0 Å². The predicted octanol–water partition coefficient (Wildman–Crippen LogP) is 2.76. The van der Waals surface area contributed by atoms with Gasteiger partial charge in [-0.3, -0.25) is 4.90 Å². The first-order chi connectivity index (χ1) is 11.5. The number of nitrogens with zero attached hydrogens (tertiary/aromatic N) is 4. The molecule has 0 spiro atoms. The molecule has 0 aromatic carbocycles. The van der Waals surface area contributed by atoms with Crippen molar-refractivity contribution in [2.75, 3.05) is 37.6 Å². The van der Waals surface area contributed by atoms with E-state index in [9.17, 15) is 0 Å². The Morgan fingerprint density at radius 2 is 1.76 bits per heavy atom. The van der Waals surface area contributed by atoms with Gasteiger partial charge in [-0.2, -0.15) is 0 Å². The van der Waals surface area contributed by atoms with Gasteiger partial charge in [0.05, 0.1) is 12.1 Å². The zero-order valence-electron chi connectivity index (χ0n) is 15.5. The van der Waals surface area contributed by atoms with Crippen molar-refractivity contribution in [3.05, 3.63) is 18.5 Å². The molecule has 25 heavy (non-hydrogen) atoms. The van der Waals surface area contributed by atoms with Gasteiger partial charge in [-0.15, -0.1) is 12.4 Å². The van der Waals surface area contributed by atoms with E-state index in [4.69, 9.17) is 4.74 Å². The smallest absolute Gasteiger partial charge is 0.225 e. The van der Waals surface area contributed by atoms with Gasteiger partial charge in [0.1, 0.15) is 5.60 Å². The molecule has 1 aromatic heterocycles. The van der Waals surface area contributed by atoms with Crippen LogP contribution >= 0.6 is 12.4 Å². The number of piperazine rings is 1. The van der Waals surface area contributed by atoms with Gasteiger partial charge in [-0.25, -0.2) is 9.97 Å². The van der Waals surface area contributed by atoms with Crippen molar-refractivity contribution in [2.45, 2.75) is 51.2 Å². The van der Waals surface area contributed by atoms with Gasteiger partial charge >= 0.3 is 0 Å². The highest BCUT2D eigenvalue weighted by Crippen LogP contribution is 2.34. The molecular formula is C19H29ClN4O.